The van der Waals surface area contributed by atoms with Gasteiger partial charge in [-0.05, 0) is 0 Å². The van der Waals surface area contributed by atoms with Crippen molar-refractivity contribution in [3.05, 3.63) is 0 Å². The lowest BCUT2D eigenvalue weighted by Crippen LogP contribution is -2.36. The van der Waals surface area contributed by atoms with Gasteiger partial charge in [0, 0.05) is 0 Å². The Morgan fingerprint density at radius 3 is 2.78 bits per heavy atom. The minimum absolute atomic E-state index is 0.294. The molecule has 0 aromatic heterocycles. The Kier molecular flexibility index (Phi) is 1.35. The van der Waals surface area contributed by atoms with Crippen molar-refractivity contribution < 1.29 is 4.79 Å². The van der Waals surface area contributed by atoms with E-state index in [-0.39, 0.29) is 6.17 Å². The molecule has 0 bridgehead atoms. The maximum absolute atomic E-state index is 10.3. The van der Waals surface area contributed by atoms with Crippen LogP contribution in [0.2, 0.25) is 0 Å². The van der Waals surface area contributed by atoms with Crippen LogP contribution in [0, 0.1) is 0 Å². The van der Waals surface area contributed by atoms with Gasteiger partial charge in [0.15, 0.2) is 0 Å². The first kappa shape index (κ1) is 6.03. The molecule has 50 valence electrons. The van der Waals surface area contributed by atoms with Crippen LogP contribution in [0.25, 0.3) is 0 Å². The lowest BCUT2D eigenvalue weighted by Gasteiger charge is -2.07. The predicted octanol–water partition coefficient (Wildman–Crippen LogP) is -1.31. The van der Waals surface area contributed by atoms with Gasteiger partial charge in [-0.15, -0.1) is 0 Å². The average molecular weight is 128 g/mol. The molecular formula is C4H8N4O. The second-order valence-corrected chi connectivity index (χ2v) is 1.82. The first-order chi connectivity index (χ1) is 4.20. The number of amides is 2. The maximum Gasteiger partial charge on any atom is 0.320 e. The largest absolute Gasteiger partial charge is 0.351 e. The second-order valence-electron chi connectivity index (χ2n) is 1.82. The highest BCUT2D eigenvalue weighted by Crippen LogP contribution is 1.95. The van der Waals surface area contributed by atoms with Crippen molar-refractivity contribution in [1.82, 2.24) is 4.90 Å². The highest BCUT2D eigenvalue weighted by molar-refractivity contribution is 5.86. The first-order valence-corrected chi connectivity index (χ1v) is 2.55. The van der Waals surface area contributed by atoms with Gasteiger partial charge in [-0.2, -0.15) is 0 Å². The van der Waals surface area contributed by atoms with E-state index in [1.807, 2.05) is 0 Å². The molecule has 4 N–H and O–H groups in total. The van der Waals surface area contributed by atoms with Gasteiger partial charge >= 0.3 is 6.03 Å². The first-order valence-electron chi connectivity index (χ1n) is 2.55. The van der Waals surface area contributed by atoms with Crippen molar-refractivity contribution in [2.45, 2.75) is 6.17 Å². The topological polar surface area (TPSA) is 84.7 Å². The minimum Gasteiger partial charge on any atom is -0.351 e. The number of aliphatic imine (C=N–C) groups is 1. The molecular weight excluding hydrogens is 120 g/mol. The fraction of sp³-hybridized carbons (Fsp3) is 0.500. The van der Waals surface area contributed by atoms with Gasteiger partial charge in [-0.25, -0.2) is 4.79 Å². The maximum atomic E-state index is 10.3. The lowest BCUT2D eigenvalue weighted by molar-refractivity contribution is 0.232. The van der Waals surface area contributed by atoms with Crippen LogP contribution in [0.1, 0.15) is 0 Å². The summed E-state index contributed by atoms with van der Waals surface area (Å²) in [6.07, 6.45) is 1.06. The second kappa shape index (κ2) is 2.02. The van der Waals surface area contributed by atoms with Gasteiger partial charge in [0.2, 0.25) is 0 Å². The summed E-state index contributed by atoms with van der Waals surface area (Å²) in [6.45, 7) is 0.398. The smallest absolute Gasteiger partial charge is 0.320 e. The van der Waals surface area contributed by atoms with Crippen molar-refractivity contribution in [2.75, 3.05) is 6.54 Å². The summed E-state index contributed by atoms with van der Waals surface area (Å²) < 4.78 is 0. The van der Waals surface area contributed by atoms with Crippen LogP contribution in [-0.2, 0) is 0 Å². The molecule has 9 heavy (non-hydrogen) atoms. The van der Waals surface area contributed by atoms with Gasteiger partial charge in [0.1, 0.15) is 6.17 Å². The molecule has 1 aliphatic heterocycles. The van der Waals surface area contributed by atoms with E-state index in [2.05, 4.69) is 4.99 Å². The van der Waals surface area contributed by atoms with Crippen molar-refractivity contribution in [2.24, 2.45) is 16.5 Å². The molecule has 2 amide bonds. The summed E-state index contributed by atoms with van der Waals surface area (Å²) in [5.74, 6) is 0. The molecule has 1 atom stereocenters. The zero-order chi connectivity index (χ0) is 6.85. The Labute approximate surface area is 52.3 Å². The fourth-order valence-electron chi connectivity index (χ4n) is 0.609. The van der Waals surface area contributed by atoms with E-state index >= 15 is 0 Å². The van der Waals surface area contributed by atoms with Gasteiger partial charge in [-0.3, -0.25) is 9.89 Å². The van der Waals surface area contributed by atoms with Gasteiger partial charge < -0.3 is 11.5 Å². The number of carbonyl (C=O) groups is 1. The molecule has 1 unspecified atom stereocenters. The summed E-state index contributed by atoms with van der Waals surface area (Å²) in [5, 5.41) is 0. The average Bonchev–Trinajstić information content (AvgIpc) is 2.14. The third kappa shape index (κ3) is 1.17. The molecule has 0 spiro atoms. The quantitative estimate of drug-likeness (QED) is 0.424. The normalized spacial score (nSPS) is 25.0. The number of hydrogen-bond acceptors (Lipinski definition) is 3. The number of nitrogens with two attached hydrogens (primary N) is 2. The Balaban J connectivity index is 2.50. The Morgan fingerprint density at radius 2 is 2.56 bits per heavy atom. The summed E-state index contributed by atoms with van der Waals surface area (Å²) in [7, 11) is 0. The van der Waals surface area contributed by atoms with Crippen molar-refractivity contribution >= 4 is 12.4 Å². The van der Waals surface area contributed by atoms with E-state index in [1.165, 1.54) is 11.2 Å². The van der Waals surface area contributed by atoms with Crippen molar-refractivity contribution in [3.8, 4) is 0 Å². The summed E-state index contributed by atoms with van der Waals surface area (Å²) >= 11 is 0. The van der Waals surface area contributed by atoms with Gasteiger partial charge in [0.25, 0.3) is 0 Å². The number of urea groups is 1. The monoisotopic (exact) mass is 128 g/mol. The number of hydrogen-bond donors (Lipinski definition) is 2. The van der Waals surface area contributed by atoms with E-state index in [4.69, 9.17) is 11.5 Å². The van der Waals surface area contributed by atoms with Crippen LogP contribution in [0.3, 0.4) is 0 Å². The molecule has 0 saturated carbocycles. The summed E-state index contributed by atoms with van der Waals surface area (Å²) in [5.41, 5.74) is 10.2. The van der Waals surface area contributed by atoms with Gasteiger partial charge in [0.05, 0.1) is 12.9 Å². The molecule has 1 aliphatic rings. The third-order valence-electron chi connectivity index (χ3n) is 1.06. The zero-order valence-electron chi connectivity index (χ0n) is 4.82. The van der Waals surface area contributed by atoms with Crippen LogP contribution in [0.5, 0.6) is 0 Å². The lowest BCUT2D eigenvalue weighted by atomic mass is 10.5. The predicted molar refractivity (Wildman–Crippen MR) is 32.8 cm³/mol. The standard InChI is InChI=1S/C4H8N4O/c5-3-1-8(2-7-3)4(6)9/h2-3H,1,5H2,(H2,6,9). The van der Waals surface area contributed by atoms with Crippen LogP contribution in [0.4, 0.5) is 4.79 Å². The van der Waals surface area contributed by atoms with E-state index in [0.29, 0.717) is 6.54 Å². The van der Waals surface area contributed by atoms with E-state index in [0.717, 1.165) is 0 Å². The highest BCUT2D eigenvalue weighted by Gasteiger charge is 2.16. The summed E-state index contributed by atoms with van der Waals surface area (Å²) in [6, 6.07) is -0.508. The molecule has 5 heteroatoms. The number of rotatable bonds is 0. The van der Waals surface area contributed by atoms with Gasteiger partial charge in [-0.1, -0.05) is 0 Å². The molecule has 1 heterocycles. The molecule has 0 fully saturated rings. The third-order valence-corrected chi connectivity index (χ3v) is 1.06. The Morgan fingerprint density at radius 1 is 1.89 bits per heavy atom. The molecule has 0 radical (unpaired) electrons. The SMILES string of the molecule is NC(=O)N1C=NC(N)C1. The van der Waals surface area contributed by atoms with E-state index < -0.39 is 6.03 Å². The fourth-order valence-corrected chi connectivity index (χ4v) is 0.609. The zero-order valence-corrected chi connectivity index (χ0v) is 4.82. The van der Waals surface area contributed by atoms with E-state index in [1.54, 1.807) is 0 Å². The van der Waals surface area contributed by atoms with E-state index in [9.17, 15) is 4.79 Å². The molecule has 0 aromatic carbocycles. The number of nitrogens with zero attached hydrogens (tertiary/aromatic N) is 2. The molecule has 0 aromatic rings. The molecule has 0 aliphatic carbocycles. The summed E-state index contributed by atoms with van der Waals surface area (Å²) in [4.78, 5) is 15.3. The van der Waals surface area contributed by atoms with Crippen molar-refractivity contribution in [1.29, 1.82) is 0 Å². The Hall–Kier alpha value is -1.10. The number of primary amides is 1. The number of carbonyl (C=O) groups excluding carboxylic acids is 1. The minimum atomic E-state index is -0.508. The molecule has 5 nitrogen and oxygen atoms in total. The molecule has 1 rings (SSSR count). The Bertz CT molecular complexity index is 155. The van der Waals surface area contributed by atoms with Crippen LogP contribution in [0.15, 0.2) is 4.99 Å². The van der Waals surface area contributed by atoms with Crippen molar-refractivity contribution in [3.63, 3.8) is 0 Å². The highest BCUT2D eigenvalue weighted by atomic mass is 16.2. The van der Waals surface area contributed by atoms with Crippen LogP contribution in [-0.4, -0.2) is 30.0 Å². The van der Waals surface area contributed by atoms with Crippen LogP contribution < -0.4 is 11.5 Å². The molecule has 0 saturated heterocycles. The van der Waals surface area contributed by atoms with Crippen LogP contribution >= 0.6 is 0 Å².